The first kappa shape index (κ1) is 15.9. The van der Waals surface area contributed by atoms with Gasteiger partial charge in [0.05, 0.1) is 0 Å². The summed E-state index contributed by atoms with van der Waals surface area (Å²) in [5, 5.41) is 6.31. The van der Waals surface area contributed by atoms with Crippen LogP contribution in [0.3, 0.4) is 0 Å². The lowest BCUT2D eigenvalue weighted by Gasteiger charge is -2.14. The van der Waals surface area contributed by atoms with Crippen LogP contribution in [-0.4, -0.2) is 28.5 Å². The molecule has 0 unspecified atom stereocenters. The number of hydrogen-bond donors (Lipinski definition) is 2. The van der Waals surface area contributed by atoms with Crippen LogP contribution in [0.25, 0.3) is 11.1 Å². The second-order valence-corrected chi connectivity index (χ2v) is 6.52. The number of carbonyl (C=O) groups is 1. The number of amides is 1. The molecule has 0 spiro atoms. The molecule has 1 aromatic carbocycles. The van der Waals surface area contributed by atoms with E-state index in [1.807, 2.05) is 42.8 Å². The van der Waals surface area contributed by atoms with Crippen molar-refractivity contribution in [3.8, 4) is 0 Å². The number of hydrogen-bond acceptors (Lipinski definition) is 4. The van der Waals surface area contributed by atoms with Crippen LogP contribution in [0.2, 0.25) is 0 Å². The standard InChI is InChI=1S/C19H22N4O2/c1-12-4-3-5-16-18(12)22-17(25-16)7-9-21-19(24)15-10-13-11-20-8-6-14(13)23(15)2/h3-5,10,20H,6-9,11H2,1-2H3,(H,21,24). The van der Waals surface area contributed by atoms with Gasteiger partial charge in [-0.05, 0) is 30.2 Å². The van der Waals surface area contributed by atoms with Gasteiger partial charge in [-0.25, -0.2) is 4.98 Å². The summed E-state index contributed by atoms with van der Waals surface area (Å²) in [6, 6.07) is 7.88. The van der Waals surface area contributed by atoms with Crippen molar-refractivity contribution in [3.05, 3.63) is 52.7 Å². The summed E-state index contributed by atoms with van der Waals surface area (Å²) in [4.78, 5) is 17.0. The Labute approximate surface area is 146 Å². The number of aromatic nitrogens is 2. The number of nitrogens with zero attached hydrogens (tertiary/aromatic N) is 2. The average Bonchev–Trinajstić information content (AvgIpc) is 3.17. The number of aryl methyl sites for hydroxylation is 1. The van der Waals surface area contributed by atoms with Crippen molar-refractivity contribution in [2.45, 2.75) is 26.3 Å². The van der Waals surface area contributed by atoms with Gasteiger partial charge in [0, 0.05) is 45.2 Å². The van der Waals surface area contributed by atoms with Gasteiger partial charge in [0.15, 0.2) is 11.5 Å². The van der Waals surface area contributed by atoms with E-state index in [9.17, 15) is 4.79 Å². The summed E-state index contributed by atoms with van der Waals surface area (Å²) in [5.74, 6) is 0.601. The van der Waals surface area contributed by atoms with Crippen molar-refractivity contribution in [2.24, 2.45) is 7.05 Å². The fraction of sp³-hybridized carbons (Fsp3) is 0.368. The fourth-order valence-electron chi connectivity index (χ4n) is 3.45. The highest BCUT2D eigenvalue weighted by Crippen LogP contribution is 2.20. The molecule has 3 heterocycles. The van der Waals surface area contributed by atoms with Crippen LogP contribution < -0.4 is 10.6 Å². The Morgan fingerprint density at radius 3 is 3.12 bits per heavy atom. The third-order valence-electron chi connectivity index (χ3n) is 4.82. The fourth-order valence-corrected chi connectivity index (χ4v) is 3.45. The van der Waals surface area contributed by atoms with Crippen LogP contribution in [0.5, 0.6) is 0 Å². The summed E-state index contributed by atoms with van der Waals surface area (Å²) in [7, 11) is 1.96. The van der Waals surface area contributed by atoms with Crippen molar-refractivity contribution >= 4 is 17.0 Å². The molecule has 0 atom stereocenters. The third-order valence-corrected chi connectivity index (χ3v) is 4.82. The predicted octanol–water partition coefficient (Wildman–Crippen LogP) is 2.09. The van der Waals surface area contributed by atoms with Crippen molar-refractivity contribution in [3.63, 3.8) is 0 Å². The van der Waals surface area contributed by atoms with E-state index in [2.05, 4.69) is 15.6 Å². The highest BCUT2D eigenvalue weighted by Gasteiger charge is 2.19. The van der Waals surface area contributed by atoms with Gasteiger partial charge in [-0.3, -0.25) is 4.79 Å². The molecule has 1 aliphatic rings. The summed E-state index contributed by atoms with van der Waals surface area (Å²) in [5.41, 5.74) is 5.96. The van der Waals surface area contributed by atoms with Gasteiger partial charge in [-0.1, -0.05) is 12.1 Å². The Bertz CT molecular complexity index is 938. The molecule has 0 fully saturated rings. The molecule has 0 bridgehead atoms. The largest absolute Gasteiger partial charge is 0.441 e. The van der Waals surface area contributed by atoms with E-state index >= 15 is 0 Å². The summed E-state index contributed by atoms with van der Waals surface area (Å²) in [6.07, 6.45) is 1.53. The maximum absolute atomic E-state index is 12.5. The Morgan fingerprint density at radius 2 is 2.32 bits per heavy atom. The van der Waals surface area contributed by atoms with Crippen LogP contribution in [0.4, 0.5) is 0 Å². The van der Waals surface area contributed by atoms with Gasteiger partial charge in [0.2, 0.25) is 0 Å². The van der Waals surface area contributed by atoms with Gasteiger partial charge in [0.1, 0.15) is 11.2 Å². The molecule has 3 aromatic rings. The van der Waals surface area contributed by atoms with Crippen molar-refractivity contribution in [1.82, 2.24) is 20.2 Å². The van der Waals surface area contributed by atoms with E-state index in [0.29, 0.717) is 24.6 Å². The Balaban J connectivity index is 1.42. The van der Waals surface area contributed by atoms with Crippen molar-refractivity contribution in [1.29, 1.82) is 0 Å². The van der Waals surface area contributed by atoms with Crippen molar-refractivity contribution < 1.29 is 9.21 Å². The number of carbonyl (C=O) groups excluding carboxylic acids is 1. The van der Waals surface area contributed by atoms with E-state index in [1.54, 1.807) is 0 Å². The van der Waals surface area contributed by atoms with Gasteiger partial charge in [-0.2, -0.15) is 0 Å². The molecule has 0 saturated heterocycles. The number of rotatable bonds is 4. The monoisotopic (exact) mass is 338 g/mol. The first-order chi connectivity index (χ1) is 12.1. The molecule has 0 aliphatic carbocycles. The Hall–Kier alpha value is -2.60. The minimum atomic E-state index is -0.0517. The van der Waals surface area contributed by atoms with Gasteiger partial charge < -0.3 is 19.6 Å². The molecule has 0 radical (unpaired) electrons. The molecular weight excluding hydrogens is 316 g/mol. The summed E-state index contributed by atoms with van der Waals surface area (Å²) < 4.78 is 7.76. The molecule has 25 heavy (non-hydrogen) atoms. The first-order valence-electron chi connectivity index (χ1n) is 8.65. The highest BCUT2D eigenvalue weighted by molar-refractivity contribution is 5.93. The van der Waals surface area contributed by atoms with E-state index in [-0.39, 0.29) is 5.91 Å². The van der Waals surface area contributed by atoms with Crippen LogP contribution in [0.1, 0.15) is 33.2 Å². The summed E-state index contributed by atoms with van der Waals surface area (Å²) in [6.45, 7) is 4.31. The zero-order valence-corrected chi connectivity index (χ0v) is 14.6. The zero-order valence-electron chi connectivity index (χ0n) is 14.6. The Kier molecular flexibility index (Phi) is 4.05. The lowest BCUT2D eigenvalue weighted by atomic mass is 10.1. The minimum absolute atomic E-state index is 0.0517. The molecule has 6 heteroatoms. The van der Waals surface area contributed by atoms with E-state index in [0.717, 1.165) is 36.2 Å². The molecule has 4 rings (SSSR count). The normalized spacial score (nSPS) is 13.8. The number of benzene rings is 1. The lowest BCUT2D eigenvalue weighted by Crippen LogP contribution is -2.28. The molecule has 130 valence electrons. The van der Waals surface area contributed by atoms with Crippen LogP contribution in [0, 0.1) is 6.92 Å². The number of para-hydroxylation sites is 1. The minimum Gasteiger partial charge on any atom is -0.441 e. The maximum atomic E-state index is 12.5. The summed E-state index contributed by atoms with van der Waals surface area (Å²) >= 11 is 0. The van der Waals surface area contributed by atoms with Gasteiger partial charge in [-0.15, -0.1) is 0 Å². The molecule has 1 amide bonds. The quantitative estimate of drug-likeness (QED) is 0.764. The molecule has 0 saturated carbocycles. The van der Waals surface area contributed by atoms with Crippen LogP contribution >= 0.6 is 0 Å². The topological polar surface area (TPSA) is 72.1 Å². The van der Waals surface area contributed by atoms with E-state index in [4.69, 9.17) is 4.42 Å². The predicted molar refractivity (Wildman–Crippen MR) is 95.6 cm³/mol. The van der Waals surface area contributed by atoms with E-state index in [1.165, 1.54) is 11.3 Å². The van der Waals surface area contributed by atoms with Crippen LogP contribution in [-0.2, 0) is 26.4 Å². The third kappa shape index (κ3) is 2.93. The van der Waals surface area contributed by atoms with Crippen LogP contribution in [0.15, 0.2) is 28.7 Å². The highest BCUT2D eigenvalue weighted by atomic mass is 16.3. The smallest absolute Gasteiger partial charge is 0.267 e. The number of nitrogens with one attached hydrogen (secondary N) is 2. The average molecular weight is 338 g/mol. The Morgan fingerprint density at radius 1 is 1.44 bits per heavy atom. The molecular formula is C19H22N4O2. The molecule has 1 aliphatic heterocycles. The lowest BCUT2D eigenvalue weighted by molar-refractivity contribution is 0.0945. The molecule has 2 N–H and O–H groups in total. The number of oxazole rings is 1. The van der Waals surface area contributed by atoms with Crippen molar-refractivity contribution in [2.75, 3.05) is 13.1 Å². The maximum Gasteiger partial charge on any atom is 0.267 e. The van der Waals surface area contributed by atoms with E-state index < -0.39 is 0 Å². The molecule has 2 aromatic heterocycles. The zero-order chi connectivity index (χ0) is 17.4. The molecule has 6 nitrogen and oxygen atoms in total. The first-order valence-corrected chi connectivity index (χ1v) is 8.65. The second-order valence-electron chi connectivity index (χ2n) is 6.52. The second kappa shape index (κ2) is 6.37. The SMILES string of the molecule is Cc1cccc2oc(CCNC(=O)c3cc4c(n3C)CCNC4)nc12. The van der Waals surface area contributed by atoms with Gasteiger partial charge in [0.25, 0.3) is 5.91 Å². The number of fused-ring (bicyclic) bond motifs is 2. The van der Waals surface area contributed by atoms with Gasteiger partial charge >= 0.3 is 0 Å².